The van der Waals surface area contributed by atoms with Crippen molar-refractivity contribution < 1.29 is 19.4 Å². The monoisotopic (exact) mass is 276 g/mol. The second-order valence-electron chi connectivity index (χ2n) is 4.16. The van der Waals surface area contributed by atoms with E-state index < -0.39 is 5.97 Å². The molecule has 0 amide bonds. The van der Waals surface area contributed by atoms with Crippen LogP contribution in [0.1, 0.15) is 22.8 Å². The van der Waals surface area contributed by atoms with E-state index in [4.69, 9.17) is 14.6 Å². The van der Waals surface area contributed by atoms with E-state index in [9.17, 15) is 4.79 Å². The molecule has 0 saturated heterocycles. The number of benzene rings is 1. The second-order valence-corrected chi connectivity index (χ2v) is 4.16. The van der Waals surface area contributed by atoms with Crippen LogP contribution in [0.5, 0.6) is 11.5 Å². The van der Waals surface area contributed by atoms with Crippen LogP contribution in [0.2, 0.25) is 0 Å². The van der Waals surface area contributed by atoms with Crippen LogP contribution in [0.25, 0.3) is 0 Å². The van der Waals surface area contributed by atoms with Crippen LogP contribution >= 0.6 is 0 Å². The maximum Gasteiger partial charge on any atom is 0.339 e. The molecular weight excluding hydrogens is 260 g/mol. The van der Waals surface area contributed by atoms with Gasteiger partial charge >= 0.3 is 5.97 Å². The molecule has 20 heavy (non-hydrogen) atoms. The summed E-state index contributed by atoms with van der Waals surface area (Å²) in [5.41, 5.74) is 0.964. The fourth-order valence-corrected chi connectivity index (χ4v) is 1.76. The van der Waals surface area contributed by atoms with Gasteiger partial charge in [-0.15, -0.1) is 0 Å². The van der Waals surface area contributed by atoms with Crippen LogP contribution < -0.4 is 9.47 Å². The second kappa shape index (κ2) is 6.10. The summed E-state index contributed by atoms with van der Waals surface area (Å²) in [7, 11) is 1.44. The molecule has 1 heterocycles. The molecule has 0 fully saturated rings. The minimum Gasteiger partial charge on any atom is -0.496 e. The van der Waals surface area contributed by atoms with Gasteiger partial charge in [0.15, 0.2) is 5.75 Å². The number of hydrogen-bond acceptors (Lipinski definition) is 4. The molecule has 0 spiro atoms. The summed E-state index contributed by atoms with van der Waals surface area (Å²) in [6.07, 6.45) is 3.45. The van der Waals surface area contributed by atoms with Gasteiger partial charge in [0.2, 0.25) is 0 Å². The summed E-state index contributed by atoms with van der Waals surface area (Å²) in [5, 5.41) is 13.1. The highest BCUT2D eigenvalue weighted by molar-refractivity contribution is 5.90. The zero-order valence-electron chi connectivity index (χ0n) is 11.4. The van der Waals surface area contributed by atoms with Crippen LogP contribution in [0, 0.1) is 0 Å². The van der Waals surface area contributed by atoms with E-state index in [1.165, 1.54) is 13.2 Å². The van der Waals surface area contributed by atoms with Gasteiger partial charge in [-0.2, -0.15) is 5.10 Å². The Hall–Kier alpha value is -2.50. The molecule has 2 rings (SSSR count). The Labute approximate surface area is 116 Å². The number of hydrogen-bond donors (Lipinski definition) is 1. The van der Waals surface area contributed by atoms with Gasteiger partial charge in [0.25, 0.3) is 0 Å². The zero-order chi connectivity index (χ0) is 14.5. The molecule has 0 aliphatic rings. The van der Waals surface area contributed by atoms with Crippen molar-refractivity contribution in [1.29, 1.82) is 0 Å². The SMILES string of the molecule is CCn1cc(OCc2ccc(C(=O)O)c(OC)c2)cn1. The van der Waals surface area contributed by atoms with Crippen molar-refractivity contribution >= 4 is 5.97 Å². The maximum absolute atomic E-state index is 11.0. The first-order chi connectivity index (χ1) is 9.63. The Bertz CT molecular complexity index is 607. The van der Waals surface area contributed by atoms with Crippen LogP contribution in [0.3, 0.4) is 0 Å². The number of carboxylic acid groups (broad SMARTS) is 1. The van der Waals surface area contributed by atoms with E-state index in [0.717, 1.165) is 12.1 Å². The summed E-state index contributed by atoms with van der Waals surface area (Å²) in [6, 6.07) is 4.87. The summed E-state index contributed by atoms with van der Waals surface area (Å²) in [5.74, 6) is -0.0190. The number of nitrogens with zero attached hydrogens (tertiary/aromatic N) is 2. The third kappa shape index (κ3) is 3.09. The summed E-state index contributed by atoms with van der Waals surface area (Å²) in [4.78, 5) is 11.0. The molecule has 106 valence electrons. The molecule has 0 atom stereocenters. The number of ether oxygens (including phenoxy) is 2. The molecule has 6 nitrogen and oxygen atoms in total. The number of carboxylic acids is 1. The largest absolute Gasteiger partial charge is 0.496 e. The van der Waals surface area contributed by atoms with Gasteiger partial charge in [-0.3, -0.25) is 4.68 Å². The van der Waals surface area contributed by atoms with E-state index in [1.54, 1.807) is 23.0 Å². The lowest BCUT2D eigenvalue weighted by molar-refractivity contribution is 0.0693. The first-order valence-corrected chi connectivity index (χ1v) is 6.19. The van der Waals surface area contributed by atoms with Gasteiger partial charge < -0.3 is 14.6 Å². The van der Waals surface area contributed by atoms with E-state index in [0.29, 0.717) is 18.1 Å². The average Bonchev–Trinajstić information content (AvgIpc) is 2.92. The summed E-state index contributed by atoms with van der Waals surface area (Å²) >= 11 is 0. The Balaban J connectivity index is 2.08. The number of methoxy groups -OCH3 is 1. The van der Waals surface area contributed by atoms with E-state index >= 15 is 0 Å². The van der Waals surface area contributed by atoms with Crippen molar-refractivity contribution in [1.82, 2.24) is 9.78 Å². The van der Waals surface area contributed by atoms with Crippen LogP contribution in [0.4, 0.5) is 0 Å². The third-order valence-electron chi connectivity index (χ3n) is 2.84. The quantitative estimate of drug-likeness (QED) is 0.875. The van der Waals surface area contributed by atoms with Gasteiger partial charge in [0.05, 0.1) is 19.5 Å². The number of aromatic nitrogens is 2. The highest BCUT2D eigenvalue weighted by Gasteiger charge is 2.11. The Morgan fingerprint density at radius 2 is 2.25 bits per heavy atom. The fourth-order valence-electron chi connectivity index (χ4n) is 1.76. The molecule has 6 heteroatoms. The number of carbonyl (C=O) groups is 1. The summed E-state index contributed by atoms with van der Waals surface area (Å²) in [6.45, 7) is 3.10. The normalized spacial score (nSPS) is 10.3. The first kappa shape index (κ1) is 13.9. The Morgan fingerprint density at radius 3 is 2.85 bits per heavy atom. The van der Waals surface area contributed by atoms with Gasteiger partial charge in [-0.05, 0) is 24.6 Å². The van der Waals surface area contributed by atoms with Crippen molar-refractivity contribution in [3.63, 3.8) is 0 Å². The lowest BCUT2D eigenvalue weighted by Crippen LogP contribution is -2.02. The minimum absolute atomic E-state index is 0.134. The highest BCUT2D eigenvalue weighted by atomic mass is 16.5. The molecule has 1 N–H and O–H groups in total. The molecule has 0 aliphatic heterocycles. The van der Waals surface area contributed by atoms with E-state index in [2.05, 4.69) is 5.10 Å². The highest BCUT2D eigenvalue weighted by Crippen LogP contribution is 2.21. The Morgan fingerprint density at radius 1 is 1.45 bits per heavy atom. The van der Waals surface area contributed by atoms with Crippen molar-refractivity contribution in [3.8, 4) is 11.5 Å². The smallest absolute Gasteiger partial charge is 0.339 e. The molecule has 1 aromatic heterocycles. The third-order valence-corrected chi connectivity index (χ3v) is 2.84. The topological polar surface area (TPSA) is 73.6 Å². The van der Waals surface area contributed by atoms with Crippen molar-refractivity contribution in [2.75, 3.05) is 7.11 Å². The number of aryl methyl sites for hydroxylation is 1. The molecule has 2 aromatic rings. The zero-order valence-corrected chi connectivity index (χ0v) is 11.4. The van der Waals surface area contributed by atoms with Crippen molar-refractivity contribution in [2.24, 2.45) is 0 Å². The molecule has 0 bridgehead atoms. The molecule has 0 aliphatic carbocycles. The van der Waals surface area contributed by atoms with Crippen molar-refractivity contribution in [3.05, 3.63) is 41.7 Å². The molecule has 0 radical (unpaired) electrons. The fraction of sp³-hybridized carbons (Fsp3) is 0.286. The van der Waals surface area contributed by atoms with Crippen LogP contribution in [-0.2, 0) is 13.2 Å². The van der Waals surface area contributed by atoms with Crippen LogP contribution in [-0.4, -0.2) is 28.0 Å². The maximum atomic E-state index is 11.0. The molecule has 0 saturated carbocycles. The van der Waals surface area contributed by atoms with Gasteiger partial charge in [0, 0.05) is 6.54 Å². The molecular formula is C14H16N2O4. The van der Waals surface area contributed by atoms with Crippen molar-refractivity contribution in [2.45, 2.75) is 20.1 Å². The van der Waals surface area contributed by atoms with Gasteiger partial charge in [0.1, 0.15) is 17.9 Å². The van der Waals surface area contributed by atoms with Gasteiger partial charge in [-0.25, -0.2) is 4.79 Å². The lowest BCUT2D eigenvalue weighted by atomic mass is 10.1. The predicted octanol–water partition coefficient (Wildman–Crippen LogP) is 2.19. The van der Waals surface area contributed by atoms with E-state index in [1.807, 2.05) is 13.1 Å². The van der Waals surface area contributed by atoms with E-state index in [-0.39, 0.29) is 5.56 Å². The minimum atomic E-state index is -1.02. The van der Waals surface area contributed by atoms with Crippen LogP contribution in [0.15, 0.2) is 30.6 Å². The number of rotatable bonds is 6. The first-order valence-electron chi connectivity index (χ1n) is 6.19. The predicted molar refractivity (Wildman–Crippen MR) is 72.2 cm³/mol. The standard InChI is InChI=1S/C14H16N2O4/c1-3-16-8-11(7-15-16)20-9-10-4-5-12(14(17)18)13(6-10)19-2/h4-8H,3,9H2,1-2H3,(H,17,18). The average molecular weight is 276 g/mol. The lowest BCUT2D eigenvalue weighted by Gasteiger charge is -2.08. The molecule has 0 unspecified atom stereocenters. The Kier molecular flexibility index (Phi) is 4.24. The molecule has 1 aromatic carbocycles. The summed E-state index contributed by atoms with van der Waals surface area (Å²) < 4.78 is 12.4. The van der Waals surface area contributed by atoms with Gasteiger partial charge in [-0.1, -0.05) is 6.07 Å². The number of aromatic carboxylic acids is 1.